The Morgan fingerprint density at radius 1 is 1.24 bits per heavy atom. The first-order valence-corrected chi connectivity index (χ1v) is 13.2. The molecule has 7 nitrogen and oxygen atoms in total. The molecule has 4 rings (SSSR count). The first-order chi connectivity index (χ1) is 19.7. The Hall–Kier alpha value is -4.11. The average molecular weight is 587 g/mol. The average Bonchev–Trinajstić information content (AvgIpc) is 3.84. The van der Waals surface area contributed by atoms with Crippen LogP contribution in [0.3, 0.4) is 0 Å². The molecule has 41 heavy (non-hydrogen) atoms. The number of aromatic nitrogens is 1. The number of ether oxygens (including phenoxy) is 1. The fourth-order valence-corrected chi connectivity index (χ4v) is 3.78. The smallest absolute Gasteiger partial charge is 0.218 e. The maximum atomic E-state index is 15.3. The van der Waals surface area contributed by atoms with E-state index >= 15 is 4.39 Å². The van der Waals surface area contributed by atoms with E-state index in [1.807, 2.05) is 6.79 Å². The van der Waals surface area contributed by atoms with E-state index in [-0.39, 0.29) is 29.3 Å². The second kappa shape index (κ2) is 17.6. The van der Waals surface area contributed by atoms with Gasteiger partial charge in [-0.2, -0.15) is 0 Å². The van der Waals surface area contributed by atoms with Crippen LogP contribution >= 0.6 is 11.6 Å². The molecule has 10 heteroatoms. The second-order valence-electron chi connectivity index (χ2n) is 8.74. The quantitative estimate of drug-likeness (QED) is 0.251. The molecule has 0 atom stereocenters. The Labute approximate surface area is 246 Å². The molecule has 1 aliphatic heterocycles. The maximum Gasteiger partial charge on any atom is 0.218 e. The minimum absolute atomic E-state index is 0.0469. The number of halogens is 3. The predicted molar refractivity (Wildman–Crippen MR) is 163 cm³/mol. The van der Waals surface area contributed by atoms with Crippen LogP contribution in [0, 0.1) is 17.6 Å². The number of hydrogen-bond donors (Lipinski definition) is 1. The number of anilines is 1. The lowest BCUT2D eigenvalue weighted by molar-refractivity contribution is -0.113. The lowest BCUT2D eigenvalue weighted by atomic mass is 10.1. The molecule has 1 aromatic carbocycles. The number of ketones is 1. The summed E-state index contributed by atoms with van der Waals surface area (Å²) in [4.78, 5) is 29.5. The molecule has 1 aromatic heterocycles. The Kier molecular flexibility index (Phi) is 14.9. The summed E-state index contributed by atoms with van der Waals surface area (Å²) in [6.45, 7) is 17.2. The van der Waals surface area contributed by atoms with Gasteiger partial charge >= 0.3 is 0 Å². The molecule has 2 aromatic rings. The minimum Gasteiger partial charge on any atom is -0.481 e. The van der Waals surface area contributed by atoms with Gasteiger partial charge in [0.2, 0.25) is 5.88 Å². The van der Waals surface area contributed by atoms with Gasteiger partial charge in [0.25, 0.3) is 0 Å². The fourth-order valence-electron chi connectivity index (χ4n) is 3.60. The molecule has 1 aliphatic carbocycles. The van der Waals surface area contributed by atoms with Crippen molar-refractivity contribution in [1.29, 1.82) is 0 Å². The molecule has 0 amide bonds. The van der Waals surface area contributed by atoms with Crippen LogP contribution in [0.4, 0.5) is 14.5 Å². The van der Waals surface area contributed by atoms with E-state index in [2.05, 4.69) is 42.0 Å². The van der Waals surface area contributed by atoms with E-state index in [9.17, 15) is 9.18 Å². The van der Waals surface area contributed by atoms with Crippen molar-refractivity contribution < 1.29 is 23.1 Å². The van der Waals surface area contributed by atoms with Crippen LogP contribution in [0.15, 0.2) is 72.8 Å². The first kappa shape index (κ1) is 34.9. The normalized spacial score (nSPS) is 14.5. The van der Waals surface area contributed by atoms with Gasteiger partial charge in [-0.1, -0.05) is 44.4 Å². The van der Waals surface area contributed by atoms with Crippen molar-refractivity contribution in [2.24, 2.45) is 10.9 Å². The van der Waals surface area contributed by atoms with Crippen LogP contribution in [0.1, 0.15) is 51.2 Å². The molecule has 0 spiro atoms. The van der Waals surface area contributed by atoms with Crippen LogP contribution in [0.25, 0.3) is 5.70 Å². The Morgan fingerprint density at radius 2 is 1.90 bits per heavy atom. The molecule has 0 saturated heterocycles. The van der Waals surface area contributed by atoms with Gasteiger partial charge in [0.05, 0.1) is 41.0 Å². The summed E-state index contributed by atoms with van der Waals surface area (Å²) >= 11 is 5.98. The molecule has 0 radical (unpaired) electrons. The highest BCUT2D eigenvalue weighted by Crippen LogP contribution is 2.32. The third-order valence-corrected chi connectivity index (χ3v) is 6.36. The monoisotopic (exact) mass is 586 g/mol. The number of pyridine rings is 1. The largest absolute Gasteiger partial charge is 0.481 e. The number of allylic oxidation sites excluding steroid dienone is 2. The van der Waals surface area contributed by atoms with E-state index in [1.165, 1.54) is 69.1 Å². The minimum atomic E-state index is -0.818. The van der Waals surface area contributed by atoms with Crippen molar-refractivity contribution in [1.82, 2.24) is 9.88 Å². The van der Waals surface area contributed by atoms with Crippen molar-refractivity contribution in [2.75, 3.05) is 12.4 Å². The van der Waals surface area contributed by atoms with Crippen molar-refractivity contribution in [3.05, 3.63) is 95.6 Å². The van der Waals surface area contributed by atoms with Gasteiger partial charge in [-0.15, -0.1) is 13.2 Å². The van der Waals surface area contributed by atoms with Gasteiger partial charge < -0.3 is 19.7 Å². The summed E-state index contributed by atoms with van der Waals surface area (Å²) in [6, 6.07) is 4.08. The van der Waals surface area contributed by atoms with Crippen molar-refractivity contribution in [2.45, 2.75) is 46.6 Å². The molecular weight excluding hydrogens is 550 g/mol. The van der Waals surface area contributed by atoms with Gasteiger partial charge in [-0.25, -0.2) is 13.8 Å². The van der Waals surface area contributed by atoms with Gasteiger partial charge in [-0.3, -0.25) is 9.79 Å². The van der Waals surface area contributed by atoms with E-state index < -0.39 is 11.6 Å². The van der Waals surface area contributed by atoms with Crippen LogP contribution < -0.4 is 10.1 Å². The molecule has 2 aliphatic rings. The van der Waals surface area contributed by atoms with Gasteiger partial charge in [0.1, 0.15) is 12.6 Å². The Bertz CT molecular complexity index is 1300. The second-order valence-corrected chi connectivity index (χ2v) is 9.18. The summed E-state index contributed by atoms with van der Waals surface area (Å²) in [5, 5.41) is 3.32. The van der Waals surface area contributed by atoms with Gasteiger partial charge in [-0.05, 0) is 38.0 Å². The number of carbonyl (C=O) groups excluding carboxylic acids is 2. The molecule has 1 saturated carbocycles. The highest BCUT2D eigenvalue weighted by Gasteiger charge is 2.22. The van der Waals surface area contributed by atoms with Gasteiger partial charge in [0, 0.05) is 36.3 Å². The zero-order chi connectivity index (χ0) is 31.1. The van der Waals surface area contributed by atoms with Crippen LogP contribution in [-0.2, 0) is 16.1 Å². The van der Waals surface area contributed by atoms with E-state index in [0.29, 0.717) is 27.7 Å². The highest BCUT2D eigenvalue weighted by molar-refractivity contribution is 6.30. The zero-order valence-electron chi connectivity index (χ0n) is 24.0. The van der Waals surface area contributed by atoms with Crippen molar-refractivity contribution in [3.8, 4) is 5.88 Å². The standard InChI is InChI=1S/C23H21ClF2N4O2.C5H10.C2H4.CH2O/c1-5-30-12-19(28-11-20(30)13(2)14(3)31)21-17(25)6-7-18(22(21)26)27-9-15-8-16(24)10-29-23(15)32-4;1-2-5-3-4-5;2*1-2/h5-8,10-12,27H,1,9H2,2-4H3;5H,2-4H2,1H3;1-2H2;1H2/b20-13+;;;. The summed E-state index contributed by atoms with van der Waals surface area (Å²) in [5.74, 6) is -0.272. The van der Waals surface area contributed by atoms with Crippen LogP contribution in [-0.4, -0.2) is 35.8 Å². The molecular formula is C31H37ClF2N4O3. The summed E-state index contributed by atoms with van der Waals surface area (Å²) < 4.78 is 35.1. The maximum absolute atomic E-state index is 15.3. The highest BCUT2D eigenvalue weighted by atomic mass is 35.5. The number of Topliss-reactive ketones (excluding diaryl/α,β-unsaturated/α-hetero) is 1. The molecule has 0 bridgehead atoms. The van der Waals surface area contributed by atoms with Gasteiger partial charge in [0.15, 0.2) is 11.6 Å². The van der Waals surface area contributed by atoms with Crippen molar-refractivity contribution >= 4 is 41.8 Å². The number of nitrogens with one attached hydrogen (secondary N) is 1. The molecule has 1 N–H and O–H groups in total. The molecule has 1 fully saturated rings. The topological polar surface area (TPSA) is 83.9 Å². The summed E-state index contributed by atoms with van der Waals surface area (Å²) in [6.07, 6.45) is 10.1. The Morgan fingerprint density at radius 3 is 2.41 bits per heavy atom. The predicted octanol–water partition coefficient (Wildman–Crippen LogP) is 7.75. The third kappa shape index (κ3) is 9.79. The SMILES string of the molecule is C=C.C=CN1C=C(c2c(F)ccc(NCc3cc(Cl)cnc3OC)c2F)N=C/C1=C(/C)C(C)=O.C=O.CCC1CC1. The van der Waals surface area contributed by atoms with Crippen LogP contribution in [0.2, 0.25) is 5.02 Å². The lowest BCUT2D eigenvalue weighted by Crippen LogP contribution is -2.18. The number of hydrogen-bond acceptors (Lipinski definition) is 7. The summed E-state index contributed by atoms with van der Waals surface area (Å²) in [5.41, 5.74) is 1.33. The van der Waals surface area contributed by atoms with E-state index in [1.54, 1.807) is 13.0 Å². The van der Waals surface area contributed by atoms with Crippen molar-refractivity contribution in [3.63, 3.8) is 0 Å². The molecule has 2 heterocycles. The fraction of sp³-hybridized carbons (Fsp3) is 0.290. The Balaban J connectivity index is 0.000000813. The number of methoxy groups -OCH3 is 1. The van der Waals surface area contributed by atoms with E-state index in [0.717, 1.165) is 12.0 Å². The molecule has 220 valence electrons. The lowest BCUT2D eigenvalue weighted by Gasteiger charge is -2.23. The van der Waals surface area contributed by atoms with E-state index in [4.69, 9.17) is 21.1 Å². The number of benzene rings is 1. The number of rotatable bonds is 8. The van der Waals surface area contributed by atoms with Crippen LogP contribution in [0.5, 0.6) is 5.88 Å². The first-order valence-electron chi connectivity index (χ1n) is 12.8. The number of aliphatic imine (C=N–C) groups is 1. The third-order valence-electron chi connectivity index (χ3n) is 6.15. The summed E-state index contributed by atoms with van der Waals surface area (Å²) in [7, 11) is 1.46. The number of nitrogens with zero attached hydrogens (tertiary/aromatic N) is 3. The molecule has 0 unspecified atom stereocenters. The number of carbonyl (C=O) groups is 2. The zero-order valence-corrected chi connectivity index (χ0v) is 24.7.